The average molecular weight is 413 g/mol. The zero-order valence-corrected chi connectivity index (χ0v) is 17.7. The van der Waals surface area contributed by atoms with Gasteiger partial charge in [-0.05, 0) is 56.2 Å². The van der Waals surface area contributed by atoms with Gasteiger partial charge in [0, 0.05) is 25.6 Å². The van der Waals surface area contributed by atoms with Crippen LogP contribution >= 0.6 is 11.6 Å². The smallest absolute Gasteiger partial charge is 0.255 e. The second kappa shape index (κ2) is 10.4. The molecule has 3 rings (SSSR count). The third-order valence-corrected chi connectivity index (χ3v) is 5.93. The summed E-state index contributed by atoms with van der Waals surface area (Å²) in [6.07, 6.45) is 4.12. The number of likely N-dealkylation sites (tertiary alicyclic amines) is 1. The quantitative estimate of drug-likeness (QED) is 0.715. The molecule has 2 aromatic rings. The van der Waals surface area contributed by atoms with E-state index >= 15 is 0 Å². The molecule has 29 heavy (non-hydrogen) atoms. The highest BCUT2D eigenvalue weighted by Gasteiger charge is 2.26. The number of piperidine rings is 1. The molecular formula is C24H29ClN2O2. The number of halogens is 1. The van der Waals surface area contributed by atoms with Crippen molar-refractivity contribution in [2.75, 3.05) is 13.1 Å². The van der Waals surface area contributed by atoms with Crippen molar-refractivity contribution in [3.63, 3.8) is 0 Å². The number of benzene rings is 2. The van der Waals surface area contributed by atoms with Gasteiger partial charge in [0.05, 0.1) is 10.6 Å². The molecule has 0 bridgehead atoms. The van der Waals surface area contributed by atoms with E-state index in [1.54, 1.807) is 12.1 Å². The molecule has 1 heterocycles. The standard InChI is InChI=1S/C24H29ClN2O2/c1-18(11-12-19-7-3-2-4-8-19)26-23(28)17-20-13-15-27(16-14-20)24(29)21-9-5-6-10-22(21)25/h2-10,18,20H,11-17H2,1H3,(H,26,28). The first-order valence-electron chi connectivity index (χ1n) is 10.4. The molecule has 0 aromatic heterocycles. The van der Waals surface area contributed by atoms with Gasteiger partial charge < -0.3 is 10.2 Å². The second-order valence-corrected chi connectivity index (χ2v) is 8.32. The van der Waals surface area contributed by atoms with Crippen LogP contribution in [-0.4, -0.2) is 35.8 Å². The van der Waals surface area contributed by atoms with Gasteiger partial charge in [0.25, 0.3) is 5.91 Å². The SMILES string of the molecule is CC(CCc1ccccc1)NC(=O)CC1CCN(C(=O)c2ccccc2Cl)CC1. The lowest BCUT2D eigenvalue weighted by atomic mass is 9.92. The van der Waals surface area contributed by atoms with Crippen LogP contribution in [0.3, 0.4) is 0 Å². The Hall–Kier alpha value is -2.33. The molecule has 1 atom stereocenters. The second-order valence-electron chi connectivity index (χ2n) is 7.91. The van der Waals surface area contributed by atoms with Gasteiger partial charge in [0.15, 0.2) is 0 Å². The lowest BCUT2D eigenvalue weighted by Gasteiger charge is -2.32. The fraction of sp³-hybridized carbons (Fsp3) is 0.417. The van der Waals surface area contributed by atoms with E-state index in [1.807, 2.05) is 35.2 Å². The van der Waals surface area contributed by atoms with Gasteiger partial charge in [-0.3, -0.25) is 9.59 Å². The molecule has 0 spiro atoms. The molecule has 0 aliphatic carbocycles. The van der Waals surface area contributed by atoms with E-state index in [-0.39, 0.29) is 17.9 Å². The van der Waals surface area contributed by atoms with Crippen LogP contribution in [0.15, 0.2) is 54.6 Å². The van der Waals surface area contributed by atoms with Gasteiger partial charge in [-0.15, -0.1) is 0 Å². The van der Waals surface area contributed by atoms with Crippen molar-refractivity contribution in [1.82, 2.24) is 10.2 Å². The molecule has 1 N–H and O–H groups in total. The Morgan fingerprint density at radius 3 is 2.41 bits per heavy atom. The largest absolute Gasteiger partial charge is 0.354 e. The maximum absolute atomic E-state index is 12.6. The molecule has 1 aliphatic heterocycles. The molecule has 1 saturated heterocycles. The first-order valence-corrected chi connectivity index (χ1v) is 10.8. The maximum Gasteiger partial charge on any atom is 0.255 e. The van der Waals surface area contributed by atoms with E-state index < -0.39 is 0 Å². The maximum atomic E-state index is 12.6. The Morgan fingerprint density at radius 1 is 1.07 bits per heavy atom. The van der Waals surface area contributed by atoms with Crippen molar-refractivity contribution in [3.8, 4) is 0 Å². The van der Waals surface area contributed by atoms with Crippen LogP contribution in [0.2, 0.25) is 5.02 Å². The summed E-state index contributed by atoms with van der Waals surface area (Å²) in [5.41, 5.74) is 1.85. The van der Waals surface area contributed by atoms with Crippen LogP contribution in [0.1, 0.15) is 48.5 Å². The molecule has 2 amide bonds. The van der Waals surface area contributed by atoms with Crippen LogP contribution in [0.4, 0.5) is 0 Å². The van der Waals surface area contributed by atoms with Crippen molar-refractivity contribution in [1.29, 1.82) is 0 Å². The lowest BCUT2D eigenvalue weighted by Crippen LogP contribution is -2.40. The molecule has 1 aliphatic rings. The van der Waals surface area contributed by atoms with E-state index in [0.717, 1.165) is 25.7 Å². The predicted molar refractivity (Wildman–Crippen MR) is 117 cm³/mol. The van der Waals surface area contributed by atoms with Crippen LogP contribution in [0, 0.1) is 5.92 Å². The predicted octanol–water partition coefficient (Wildman–Crippen LogP) is 4.72. The Labute approximate surface area is 178 Å². The van der Waals surface area contributed by atoms with Gasteiger partial charge in [-0.1, -0.05) is 54.1 Å². The van der Waals surface area contributed by atoms with Gasteiger partial charge in [0.2, 0.25) is 5.91 Å². The lowest BCUT2D eigenvalue weighted by molar-refractivity contribution is -0.122. The van der Waals surface area contributed by atoms with Gasteiger partial charge >= 0.3 is 0 Å². The molecule has 4 nitrogen and oxygen atoms in total. The number of hydrogen-bond donors (Lipinski definition) is 1. The first-order chi connectivity index (χ1) is 14.0. The number of hydrogen-bond acceptors (Lipinski definition) is 2. The summed E-state index contributed by atoms with van der Waals surface area (Å²) in [4.78, 5) is 26.9. The van der Waals surface area contributed by atoms with E-state index in [0.29, 0.717) is 36.0 Å². The summed E-state index contributed by atoms with van der Waals surface area (Å²) in [5, 5.41) is 3.62. The normalized spacial score (nSPS) is 15.7. The van der Waals surface area contributed by atoms with Crippen molar-refractivity contribution >= 4 is 23.4 Å². The van der Waals surface area contributed by atoms with E-state index in [4.69, 9.17) is 11.6 Å². The van der Waals surface area contributed by atoms with Crippen molar-refractivity contribution < 1.29 is 9.59 Å². The molecular weight excluding hydrogens is 384 g/mol. The Bertz CT molecular complexity index is 817. The Balaban J connectivity index is 1.39. The monoisotopic (exact) mass is 412 g/mol. The van der Waals surface area contributed by atoms with E-state index in [2.05, 4.69) is 24.4 Å². The highest BCUT2D eigenvalue weighted by Crippen LogP contribution is 2.24. The number of carbonyl (C=O) groups excluding carboxylic acids is 2. The number of nitrogens with zero attached hydrogens (tertiary/aromatic N) is 1. The topological polar surface area (TPSA) is 49.4 Å². The van der Waals surface area contributed by atoms with Crippen LogP contribution in [0.25, 0.3) is 0 Å². The Morgan fingerprint density at radius 2 is 1.72 bits per heavy atom. The highest BCUT2D eigenvalue weighted by molar-refractivity contribution is 6.33. The van der Waals surface area contributed by atoms with Gasteiger partial charge in [0.1, 0.15) is 0 Å². The van der Waals surface area contributed by atoms with Crippen molar-refractivity contribution in [2.45, 2.75) is 45.1 Å². The van der Waals surface area contributed by atoms with Crippen molar-refractivity contribution in [3.05, 3.63) is 70.7 Å². The molecule has 0 radical (unpaired) electrons. The average Bonchev–Trinajstić information content (AvgIpc) is 2.73. The zero-order chi connectivity index (χ0) is 20.6. The molecule has 154 valence electrons. The minimum Gasteiger partial charge on any atom is -0.354 e. The van der Waals surface area contributed by atoms with E-state index in [9.17, 15) is 9.59 Å². The van der Waals surface area contributed by atoms with Gasteiger partial charge in [-0.25, -0.2) is 0 Å². The molecule has 2 aromatic carbocycles. The van der Waals surface area contributed by atoms with Gasteiger partial charge in [-0.2, -0.15) is 0 Å². The van der Waals surface area contributed by atoms with Crippen LogP contribution in [-0.2, 0) is 11.2 Å². The number of aryl methyl sites for hydroxylation is 1. The first kappa shape index (κ1) is 21.4. The Kier molecular flexibility index (Phi) is 7.70. The summed E-state index contributed by atoms with van der Waals surface area (Å²) >= 11 is 6.15. The molecule has 1 fully saturated rings. The molecule has 0 saturated carbocycles. The number of carbonyl (C=O) groups is 2. The fourth-order valence-corrected chi connectivity index (χ4v) is 4.06. The van der Waals surface area contributed by atoms with E-state index in [1.165, 1.54) is 5.56 Å². The number of amides is 2. The highest BCUT2D eigenvalue weighted by atomic mass is 35.5. The summed E-state index contributed by atoms with van der Waals surface area (Å²) < 4.78 is 0. The summed E-state index contributed by atoms with van der Waals surface area (Å²) in [7, 11) is 0. The molecule has 5 heteroatoms. The minimum atomic E-state index is -0.0203. The van der Waals surface area contributed by atoms with Crippen LogP contribution < -0.4 is 5.32 Å². The summed E-state index contributed by atoms with van der Waals surface area (Å²) in [6, 6.07) is 17.7. The summed E-state index contributed by atoms with van der Waals surface area (Å²) in [6.45, 7) is 3.41. The molecule has 1 unspecified atom stereocenters. The van der Waals surface area contributed by atoms with Crippen molar-refractivity contribution in [2.24, 2.45) is 5.92 Å². The summed E-state index contributed by atoms with van der Waals surface area (Å²) in [5.74, 6) is 0.418. The minimum absolute atomic E-state index is 0.0203. The number of rotatable bonds is 7. The third kappa shape index (κ3) is 6.33. The fourth-order valence-electron chi connectivity index (χ4n) is 3.84. The van der Waals surface area contributed by atoms with Crippen LogP contribution in [0.5, 0.6) is 0 Å². The zero-order valence-electron chi connectivity index (χ0n) is 16.9. The number of nitrogens with one attached hydrogen (secondary N) is 1. The third-order valence-electron chi connectivity index (χ3n) is 5.60.